The number of hydrogen-bond donors (Lipinski definition) is 1. The molecule has 0 heterocycles. The Morgan fingerprint density at radius 2 is 1.26 bits per heavy atom. The van der Waals surface area contributed by atoms with Gasteiger partial charge in [-0.05, 0) is 42.8 Å². The van der Waals surface area contributed by atoms with Crippen LogP contribution in [0.3, 0.4) is 0 Å². The molecule has 0 fully saturated rings. The van der Waals surface area contributed by atoms with Crippen molar-refractivity contribution in [3.05, 3.63) is 112 Å². The fourth-order valence-corrected chi connectivity index (χ4v) is 4.66. The smallest absolute Gasteiger partial charge is 0.358 e. The van der Waals surface area contributed by atoms with Gasteiger partial charge in [0.15, 0.2) is 5.78 Å². The highest BCUT2D eigenvalue weighted by molar-refractivity contribution is 7.55. The maximum atomic E-state index is 12.8. The van der Waals surface area contributed by atoms with E-state index in [2.05, 4.69) is 14.8 Å². The summed E-state index contributed by atoms with van der Waals surface area (Å²) >= 11 is 0. The third-order valence-electron chi connectivity index (χ3n) is 5.60. The minimum Gasteiger partial charge on any atom is -0.467 e. The number of aldehydes is 1. The Balaban J connectivity index is 0.000000711. The van der Waals surface area contributed by atoms with Crippen molar-refractivity contribution in [3.8, 4) is 0 Å². The first-order valence-electron chi connectivity index (χ1n) is 13.0. The zero-order valence-electron chi connectivity index (χ0n) is 25.4. The van der Waals surface area contributed by atoms with Crippen LogP contribution in [0.1, 0.15) is 40.6 Å². The molecule has 0 aliphatic heterocycles. The fourth-order valence-electron chi connectivity index (χ4n) is 3.41. The number of benzene rings is 3. The molecular formula is C32H36F4NO9P. The van der Waals surface area contributed by atoms with Gasteiger partial charge in [-0.1, -0.05) is 37.8 Å². The number of Topliss-reactive ketones (excluding diaryl/α,β-unsaturated/α-hetero) is 1. The SMILES string of the molecule is C.COC(=O)/C(C)=C/c1cc(F)cc(F)c1.COC(=O)C(NCC(=O)c1ccccc1)P(=O)(OC)OC.O=Cc1cc(F)cc(F)c1. The molecule has 0 amide bonds. The van der Waals surface area contributed by atoms with Crippen molar-refractivity contribution in [1.82, 2.24) is 5.32 Å². The summed E-state index contributed by atoms with van der Waals surface area (Å²) in [7, 11) is 0.944. The zero-order chi connectivity index (χ0) is 34.9. The summed E-state index contributed by atoms with van der Waals surface area (Å²) < 4.78 is 80.8. The molecule has 0 saturated carbocycles. The lowest BCUT2D eigenvalue weighted by Crippen LogP contribution is -2.41. The average molecular weight is 686 g/mol. The summed E-state index contributed by atoms with van der Waals surface area (Å²) in [6.45, 7) is 1.30. The molecule has 15 heteroatoms. The summed E-state index contributed by atoms with van der Waals surface area (Å²) in [6.07, 6.45) is 1.75. The van der Waals surface area contributed by atoms with E-state index in [1.807, 2.05) is 0 Å². The van der Waals surface area contributed by atoms with Crippen LogP contribution in [-0.2, 0) is 32.7 Å². The highest BCUT2D eigenvalue weighted by Gasteiger charge is 2.41. The first-order chi connectivity index (χ1) is 21.7. The molecule has 256 valence electrons. The largest absolute Gasteiger partial charge is 0.467 e. The van der Waals surface area contributed by atoms with E-state index in [1.54, 1.807) is 30.3 Å². The van der Waals surface area contributed by atoms with Crippen molar-refractivity contribution in [2.24, 2.45) is 0 Å². The second-order valence-electron chi connectivity index (χ2n) is 8.84. The molecule has 3 rings (SSSR count). The van der Waals surface area contributed by atoms with E-state index in [4.69, 9.17) is 9.05 Å². The van der Waals surface area contributed by atoms with Crippen LogP contribution in [-0.4, -0.2) is 64.8 Å². The van der Waals surface area contributed by atoms with E-state index in [9.17, 15) is 41.3 Å². The molecule has 1 unspecified atom stereocenters. The third kappa shape index (κ3) is 14.6. The average Bonchev–Trinajstić information content (AvgIpc) is 3.03. The standard InChI is InChI=1S/C13H18NO6P.C11H10F2O2.C7H4F2O.CH4/c1-18-13(16)12(21(17,19-2)20-3)14-9-11(15)10-7-5-4-6-8-10;1-7(11(14)15-2)3-8-4-9(12)6-10(13)5-8;8-6-1-5(4-10)2-7(9)3-6;/h4-8,12,14H,9H2,1-3H3;3-6H,1-2H3;1-4H;1H4/b;7-3+;;. The van der Waals surface area contributed by atoms with Crippen LogP contribution in [0.4, 0.5) is 17.6 Å². The lowest BCUT2D eigenvalue weighted by Gasteiger charge is -2.22. The molecule has 10 nitrogen and oxygen atoms in total. The van der Waals surface area contributed by atoms with Crippen LogP contribution < -0.4 is 5.32 Å². The van der Waals surface area contributed by atoms with E-state index in [1.165, 1.54) is 20.1 Å². The highest BCUT2D eigenvalue weighted by atomic mass is 31.2. The van der Waals surface area contributed by atoms with Crippen LogP contribution in [0, 0.1) is 23.3 Å². The normalized spacial score (nSPS) is 11.3. The van der Waals surface area contributed by atoms with Crippen molar-refractivity contribution < 1.29 is 59.8 Å². The predicted octanol–water partition coefficient (Wildman–Crippen LogP) is 6.40. The number of ketones is 1. The van der Waals surface area contributed by atoms with Crippen molar-refractivity contribution in [1.29, 1.82) is 0 Å². The first-order valence-corrected chi connectivity index (χ1v) is 14.6. The molecular weight excluding hydrogens is 649 g/mol. The topological polar surface area (TPSA) is 134 Å². The minimum absolute atomic E-state index is 0. The van der Waals surface area contributed by atoms with Gasteiger partial charge >= 0.3 is 19.5 Å². The van der Waals surface area contributed by atoms with Crippen LogP contribution >= 0.6 is 7.60 Å². The molecule has 0 radical (unpaired) electrons. The summed E-state index contributed by atoms with van der Waals surface area (Å²) in [5, 5.41) is 2.57. The van der Waals surface area contributed by atoms with Crippen LogP contribution in [0.15, 0.2) is 72.3 Å². The molecule has 1 atom stereocenters. The van der Waals surface area contributed by atoms with Crippen molar-refractivity contribution in [2.45, 2.75) is 20.1 Å². The number of ether oxygens (including phenoxy) is 2. The molecule has 0 bridgehead atoms. The highest BCUT2D eigenvalue weighted by Crippen LogP contribution is 2.50. The van der Waals surface area contributed by atoms with E-state index < -0.39 is 48.6 Å². The van der Waals surface area contributed by atoms with Crippen LogP contribution in [0.25, 0.3) is 6.08 Å². The van der Waals surface area contributed by atoms with Gasteiger partial charge in [0.2, 0.25) is 5.78 Å². The van der Waals surface area contributed by atoms with Crippen molar-refractivity contribution in [2.75, 3.05) is 35.0 Å². The van der Waals surface area contributed by atoms with Crippen LogP contribution in [0.2, 0.25) is 0 Å². The second kappa shape index (κ2) is 21.3. The Hall–Kier alpha value is -4.49. The molecule has 0 aliphatic rings. The fraction of sp³-hybridized carbons (Fsp3) is 0.250. The van der Waals surface area contributed by atoms with E-state index in [0.717, 1.165) is 51.7 Å². The maximum Gasteiger partial charge on any atom is 0.358 e. The van der Waals surface area contributed by atoms with Gasteiger partial charge in [0.1, 0.15) is 29.6 Å². The lowest BCUT2D eigenvalue weighted by atomic mass is 10.1. The van der Waals surface area contributed by atoms with Gasteiger partial charge in [-0.2, -0.15) is 0 Å². The summed E-state index contributed by atoms with van der Waals surface area (Å²) in [4.78, 5) is 44.7. The monoisotopic (exact) mass is 685 g/mol. The molecule has 3 aromatic carbocycles. The Labute approximate surface area is 270 Å². The van der Waals surface area contributed by atoms with Gasteiger partial charge in [0.05, 0.1) is 20.8 Å². The number of carbonyl (C=O) groups excluding carboxylic acids is 4. The number of halogens is 4. The van der Waals surface area contributed by atoms with E-state index in [0.29, 0.717) is 17.9 Å². The van der Waals surface area contributed by atoms with Gasteiger partial charge in [-0.25, -0.2) is 27.2 Å². The lowest BCUT2D eigenvalue weighted by molar-refractivity contribution is -0.141. The number of esters is 2. The Bertz CT molecular complexity index is 1520. The molecule has 0 aliphatic carbocycles. The number of rotatable bonds is 11. The van der Waals surface area contributed by atoms with E-state index >= 15 is 0 Å². The van der Waals surface area contributed by atoms with Gasteiger partial charge < -0.3 is 18.5 Å². The van der Waals surface area contributed by atoms with Gasteiger partial charge in [0, 0.05) is 43.1 Å². The third-order valence-corrected chi connectivity index (χ3v) is 7.64. The number of methoxy groups -OCH3 is 2. The molecule has 1 N–H and O–H groups in total. The van der Waals surface area contributed by atoms with Crippen LogP contribution in [0.5, 0.6) is 0 Å². The zero-order valence-corrected chi connectivity index (χ0v) is 26.3. The van der Waals surface area contributed by atoms with Gasteiger partial charge in [-0.3, -0.25) is 19.5 Å². The Kier molecular flexibility index (Phi) is 19.3. The Morgan fingerprint density at radius 3 is 1.66 bits per heavy atom. The first kappa shape index (κ1) is 42.5. The Morgan fingerprint density at radius 1 is 0.787 bits per heavy atom. The number of hydrogen-bond acceptors (Lipinski definition) is 10. The minimum atomic E-state index is -3.75. The van der Waals surface area contributed by atoms with Gasteiger partial charge in [-0.15, -0.1) is 0 Å². The molecule has 3 aromatic rings. The molecule has 0 saturated heterocycles. The van der Waals surface area contributed by atoms with E-state index in [-0.39, 0.29) is 36.5 Å². The quantitative estimate of drug-likeness (QED) is 0.0604. The van der Waals surface area contributed by atoms with Gasteiger partial charge in [0.25, 0.3) is 0 Å². The second-order valence-corrected chi connectivity index (χ2v) is 11.2. The molecule has 47 heavy (non-hydrogen) atoms. The number of carbonyl (C=O) groups is 4. The van der Waals surface area contributed by atoms with Crippen molar-refractivity contribution >= 4 is 37.7 Å². The molecule has 0 spiro atoms. The summed E-state index contributed by atoms with van der Waals surface area (Å²) in [6, 6.07) is 14.2. The predicted molar refractivity (Wildman–Crippen MR) is 167 cm³/mol. The number of nitrogens with one attached hydrogen (secondary N) is 1. The van der Waals surface area contributed by atoms with Crippen molar-refractivity contribution in [3.63, 3.8) is 0 Å². The maximum absolute atomic E-state index is 12.8. The summed E-state index contributed by atoms with van der Waals surface area (Å²) in [5.74, 6) is -5.82. The summed E-state index contributed by atoms with van der Waals surface area (Å²) in [5.41, 5.74) is 1.05. The molecule has 0 aromatic heterocycles.